The first kappa shape index (κ1) is 9.99. The third-order valence-electron chi connectivity index (χ3n) is 2.97. The lowest BCUT2D eigenvalue weighted by Crippen LogP contribution is -2.21. The number of nitrogens with two attached hydrogens (primary N) is 1. The van der Waals surface area contributed by atoms with E-state index in [1.165, 1.54) is 6.07 Å². The van der Waals surface area contributed by atoms with Crippen molar-refractivity contribution in [3.05, 3.63) is 29.6 Å². The van der Waals surface area contributed by atoms with E-state index < -0.39 is 0 Å². The van der Waals surface area contributed by atoms with Crippen LogP contribution in [0.3, 0.4) is 0 Å². The van der Waals surface area contributed by atoms with E-state index in [0.717, 1.165) is 23.3 Å². The average Bonchev–Trinajstić information content (AvgIpc) is 2.98. The van der Waals surface area contributed by atoms with Crippen LogP contribution in [0.25, 0.3) is 0 Å². The summed E-state index contributed by atoms with van der Waals surface area (Å²) in [5.74, 6) is -0.0974. The van der Waals surface area contributed by atoms with Crippen LogP contribution in [0.15, 0.2) is 23.1 Å². The maximum absolute atomic E-state index is 13.7. The Bertz CT molecular complexity index is 347. The van der Waals surface area contributed by atoms with Gasteiger partial charge in [0.15, 0.2) is 0 Å². The number of benzene rings is 1. The van der Waals surface area contributed by atoms with Crippen LogP contribution in [0.4, 0.5) is 4.39 Å². The summed E-state index contributed by atoms with van der Waals surface area (Å²) in [5, 5.41) is 0. The van der Waals surface area contributed by atoms with Crippen molar-refractivity contribution in [3.63, 3.8) is 0 Å². The predicted octanol–water partition coefficient (Wildman–Crippen LogP) is 2.54. The molecule has 1 aromatic rings. The van der Waals surface area contributed by atoms with Crippen LogP contribution < -0.4 is 5.73 Å². The van der Waals surface area contributed by atoms with Gasteiger partial charge < -0.3 is 5.73 Å². The van der Waals surface area contributed by atoms with Crippen LogP contribution in [-0.2, 0) is 5.41 Å². The van der Waals surface area contributed by atoms with Gasteiger partial charge in [0.05, 0.1) is 0 Å². The Morgan fingerprint density at radius 2 is 2.21 bits per heavy atom. The number of halogens is 1. The predicted molar refractivity (Wildman–Crippen MR) is 58.1 cm³/mol. The molecule has 0 spiro atoms. The summed E-state index contributed by atoms with van der Waals surface area (Å²) in [6.45, 7) is 0.557. The zero-order chi connectivity index (χ0) is 10.2. The molecule has 2 rings (SSSR count). The Labute approximate surface area is 87.9 Å². The molecule has 1 aliphatic rings. The zero-order valence-electron chi connectivity index (χ0n) is 8.22. The van der Waals surface area contributed by atoms with Crippen LogP contribution >= 0.6 is 11.8 Å². The van der Waals surface area contributed by atoms with Crippen LogP contribution in [0.5, 0.6) is 0 Å². The van der Waals surface area contributed by atoms with Crippen LogP contribution in [0, 0.1) is 5.82 Å². The van der Waals surface area contributed by atoms with Crippen molar-refractivity contribution < 1.29 is 4.39 Å². The van der Waals surface area contributed by atoms with Crippen molar-refractivity contribution in [1.82, 2.24) is 0 Å². The Hall–Kier alpha value is -0.540. The summed E-state index contributed by atoms with van der Waals surface area (Å²) in [7, 11) is 0. The van der Waals surface area contributed by atoms with Gasteiger partial charge in [0.1, 0.15) is 5.82 Å². The Balaban J connectivity index is 2.50. The first-order valence-electron chi connectivity index (χ1n) is 4.76. The number of hydrogen-bond acceptors (Lipinski definition) is 2. The molecule has 1 aromatic carbocycles. The lowest BCUT2D eigenvalue weighted by molar-refractivity contribution is 0.563. The fourth-order valence-corrected chi connectivity index (χ4v) is 2.63. The molecule has 0 unspecified atom stereocenters. The lowest BCUT2D eigenvalue weighted by Gasteiger charge is -2.17. The van der Waals surface area contributed by atoms with Gasteiger partial charge in [0, 0.05) is 22.4 Å². The highest BCUT2D eigenvalue weighted by Crippen LogP contribution is 2.50. The first-order valence-corrected chi connectivity index (χ1v) is 5.99. The molecule has 76 valence electrons. The van der Waals surface area contributed by atoms with E-state index in [9.17, 15) is 4.39 Å². The molecule has 0 aliphatic heterocycles. The van der Waals surface area contributed by atoms with Gasteiger partial charge in [-0.1, -0.05) is 6.07 Å². The maximum atomic E-state index is 13.7. The van der Waals surface area contributed by atoms with E-state index >= 15 is 0 Å². The number of rotatable bonds is 3. The molecule has 0 atom stereocenters. The Morgan fingerprint density at radius 3 is 2.71 bits per heavy atom. The molecule has 0 bridgehead atoms. The fourth-order valence-electron chi connectivity index (χ4n) is 1.90. The van der Waals surface area contributed by atoms with Gasteiger partial charge in [-0.2, -0.15) is 0 Å². The molecule has 0 heterocycles. The van der Waals surface area contributed by atoms with Crippen LogP contribution in [0.2, 0.25) is 0 Å². The van der Waals surface area contributed by atoms with Gasteiger partial charge >= 0.3 is 0 Å². The molecule has 2 N–H and O–H groups in total. The molecular formula is C11H14FNS. The highest BCUT2D eigenvalue weighted by atomic mass is 32.2. The third-order valence-corrected chi connectivity index (χ3v) is 3.75. The fraction of sp³-hybridized carbons (Fsp3) is 0.455. The summed E-state index contributed by atoms with van der Waals surface area (Å²) in [5.41, 5.74) is 6.51. The van der Waals surface area contributed by atoms with Gasteiger partial charge in [0.25, 0.3) is 0 Å². The second-order valence-electron chi connectivity index (χ2n) is 3.80. The minimum atomic E-state index is -0.0974. The molecule has 1 fully saturated rings. The molecule has 3 heteroatoms. The molecule has 1 nitrogen and oxygen atoms in total. The summed E-state index contributed by atoms with van der Waals surface area (Å²) in [6.07, 6.45) is 4.03. The summed E-state index contributed by atoms with van der Waals surface area (Å²) in [4.78, 5) is 1.04. The van der Waals surface area contributed by atoms with E-state index in [1.54, 1.807) is 17.8 Å². The summed E-state index contributed by atoms with van der Waals surface area (Å²) >= 11 is 1.60. The smallest absolute Gasteiger partial charge is 0.128 e. The van der Waals surface area contributed by atoms with Gasteiger partial charge in [-0.25, -0.2) is 4.39 Å². The van der Waals surface area contributed by atoms with E-state index in [2.05, 4.69) is 0 Å². The molecule has 1 aliphatic carbocycles. The SMILES string of the molecule is CSc1cccc(F)c1C1(CN)CC1. The van der Waals surface area contributed by atoms with E-state index in [0.29, 0.717) is 6.54 Å². The Morgan fingerprint density at radius 1 is 1.50 bits per heavy atom. The van der Waals surface area contributed by atoms with Gasteiger partial charge in [-0.15, -0.1) is 11.8 Å². The normalized spacial score (nSPS) is 18.2. The number of thioether (sulfide) groups is 1. The average molecular weight is 211 g/mol. The zero-order valence-corrected chi connectivity index (χ0v) is 9.03. The van der Waals surface area contributed by atoms with Crippen molar-refractivity contribution >= 4 is 11.8 Å². The van der Waals surface area contributed by atoms with Crippen molar-refractivity contribution in [2.45, 2.75) is 23.2 Å². The van der Waals surface area contributed by atoms with Crippen molar-refractivity contribution in [2.75, 3.05) is 12.8 Å². The highest BCUT2D eigenvalue weighted by molar-refractivity contribution is 7.98. The Kier molecular flexibility index (Phi) is 2.54. The monoisotopic (exact) mass is 211 g/mol. The third kappa shape index (κ3) is 1.44. The summed E-state index contributed by atoms with van der Waals surface area (Å²) < 4.78 is 13.7. The van der Waals surface area contributed by atoms with Crippen molar-refractivity contribution in [2.24, 2.45) is 5.73 Å². The molecule has 0 aromatic heterocycles. The minimum Gasteiger partial charge on any atom is -0.330 e. The van der Waals surface area contributed by atoms with Gasteiger partial charge in [-0.3, -0.25) is 0 Å². The maximum Gasteiger partial charge on any atom is 0.128 e. The molecule has 1 saturated carbocycles. The van der Waals surface area contributed by atoms with Crippen molar-refractivity contribution in [3.8, 4) is 0 Å². The van der Waals surface area contributed by atoms with Gasteiger partial charge in [-0.05, 0) is 31.2 Å². The van der Waals surface area contributed by atoms with Crippen molar-refractivity contribution in [1.29, 1.82) is 0 Å². The van der Waals surface area contributed by atoms with E-state index in [1.807, 2.05) is 12.3 Å². The molecule has 0 amide bonds. The molecule has 0 radical (unpaired) electrons. The summed E-state index contributed by atoms with van der Waals surface area (Å²) in [6, 6.07) is 5.26. The second kappa shape index (κ2) is 3.55. The topological polar surface area (TPSA) is 26.0 Å². The van der Waals surface area contributed by atoms with Crippen LogP contribution in [0.1, 0.15) is 18.4 Å². The van der Waals surface area contributed by atoms with E-state index in [-0.39, 0.29) is 11.2 Å². The molecule has 0 saturated heterocycles. The molecule has 14 heavy (non-hydrogen) atoms. The quantitative estimate of drug-likeness (QED) is 0.777. The lowest BCUT2D eigenvalue weighted by atomic mass is 9.95. The highest BCUT2D eigenvalue weighted by Gasteiger charge is 2.45. The minimum absolute atomic E-state index is 0.0519. The standard InChI is InChI=1S/C11H14FNS/c1-14-9-4-2-3-8(12)10(9)11(7-13)5-6-11/h2-4H,5-7,13H2,1H3. The van der Waals surface area contributed by atoms with Gasteiger partial charge in [0.2, 0.25) is 0 Å². The molecular weight excluding hydrogens is 197 g/mol. The van der Waals surface area contributed by atoms with E-state index in [4.69, 9.17) is 5.73 Å². The second-order valence-corrected chi connectivity index (χ2v) is 4.65. The number of hydrogen-bond donors (Lipinski definition) is 1. The largest absolute Gasteiger partial charge is 0.330 e. The van der Waals surface area contributed by atoms with Crippen LogP contribution in [-0.4, -0.2) is 12.8 Å². The first-order chi connectivity index (χ1) is 6.73.